The number of rotatable bonds is 8. The van der Waals surface area contributed by atoms with E-state index in [0.717, 1.165) is 94.3 Å². The van der Waals surface area contributed by atoms with Gasteiger partial charge in [-0.3, -0.25) is 0 Å². The summed E-state index contributed by atoms with van der Waals surface area (Å²) < 4.78 is 13.1. The molecule has 0 unspecified atom stereocenters. The Kier molecular flexibility index (Phi) is 8.83. The molecule has 2 aromatic heterocycles. The Morgan fingerprint density at radius 3 is 1.65 bits per heavy atom. The minimum absolute atomic E-state index is 0.837. The van der Waals surface area contributed by atoms with Gasteiger partial charge in [-0.15, -0.1) is 0 Å². The monoisotopic (exact) mass is 805 g/mol. The van der Waals surface area contributed by atoms with E-state index in [2.05, 4.69) is 223 Å². The highest BCUT2D eigenvalue weighted by Gasteiger charge is 2.24. The van der Waals surface area contributed by atoms with Gasteiger partial charge < -0.3 is 13.7 Å². The maximum absolute atomic E-state index is 6.59. The standard InChI is InChI=1S/C60H39NO2/c1-3-18-40(19-4-1)42-36-37-48(53(39-42)47-25-8-7-24-45(47)41-20-5-2-6-21-41)49-26-9-12-31-54(49)61(55-32-17-35-58-59(55)52-28-11-14-34-57(52)62-58)44-23-15-22-43(38-44)46-29-16-30-51-50-27-10-13-33-56(50)63-60(46)51/h1-39H. The zero-order chi connectivity index (χ0) is 41.7. The smallest absolute Gasteiger partial charge is 0.143 e. The van der Waals surface area contributed by atoms with Gasteiger partial charge in [0, 0.05) is 33.0 Å². The number of para-hydroxylation sites is 4. The summed E-state index contributed by atoms with van der Waals surface area (Å²) in [6.07, 6.45) is 0. The molecule has 10 aromatic carbocycles. The highest BCUT2D eigenvalue weighted by atomic mass is 16.3. The summed E-state index contributed by atoms with van der Waals surface area (Å²) in [7, 11) is 0. The molecule has 0 aliphatic heterocycles. The molecule has 0 bridgehead atoms. The van der Waals surface area contributed by atoms with Gasteiger partial charge in [-0.1, -0.05) is 188 Å². The fourth-order valence-corrected chi connectivity index (χ4v) is 9.43. The van der Waals surface area contributed by atoms with E-state index < -0.39 is 0 Å². The van der Waals surface area contributed by atoms with Crippen molar-refractivity contribution >= 4 is 60.9 Å². The summed E-state index contributed by atoms with van der Waals surface area (Å²) in [5, 5.41) is 4.34. The first-order chi connectivity index (χ1) is 31.3. The van der Waals surface area contributed by atoms with Crippen molar-refractivity contribution in [3.05, 3.63) is 237 Å². The van der Waals surface area contributed by atoms with Crippen molar-refractivity contribution in [3.63, 3.8) is 0 Å². The summed E-state index contributed by atoms with van der Waals surface area (Å²) >= 11 is 0. The van der Waals surface area contributed by atoms with Crippen molar-refractivity contribution in [1.82, 2.24) is 0 Å². The Morgan fingerprint density at radius 2 is 0.825 bits per heavy atom. The molecular formula is C60H39NO2. The third kappa shape index (κ3) is 6.29. The predicted molar refractivity (Wildman–Crippen MR) is 263 cm³/mol. The summed E-state index contributed by atoms with van der Waals surface area (Å²) in [5.41, 5.74) is 17.9. The van der Waals surface area contributed by atoms with Crippen LogP contribution in [0.2, 0.25) is 0 Å². The normalized spacial score (nSPS) is 11.5. The molecule has 3 heteroatoms. The minimum Gasteiger partial charge on any atom is -0.456 e. The van der Waals surface area contributed by atoms with Gasteiger partial charge in [-0.05, 0) is 93.0 Å². The lowest BCUT2D eigenvalue weighted by Gasteiger charge is -2.29. The lowest BCUT2D eigenvalue weighted by Crippen LogP contribution is -2.12. The third-order valence-electron chi connectivity index (χ3n) is 12.3. The molecule has 12 aromatic rings. The van der Waals surface area contributed by atoms with Crippen molar-refractivity contribution < 1.29 is 8.83 Å². The van der Waals surface area contributed by atoms with Crippen molar-refractivity contribution in [2.45, 2.75) is 0 Å². The second-order valence-corrected chi connectivity index (χ2v) is 16.0. The molecule has 12 rings (SSSR count). The lowest BCUT2D eigenvalue weighted by atomic mass is 9.86. The fraction of sp³-hybridized carbons (Fsp3) is 0. The van der Waals surface area contributed by atoms with Gasteiger partial charge in [0.2, 0.25) is 0 Å². The van der Waals surface area contributed by atoms with Crippen LogP contribution in [0.5, 0.6) is 0 Å². The van der Waals surface area contributed by atoms with Gasteiger partial charge in [0.25, 0.3) is 0 Å². The second-order valence-electron chi connectivity index (χ2n) is 16.0. The first-order valence-corrected chi connectivity index (χ1v) is 21.4. The molecule has 0 N–H and O–H groups in total. The molecular weight excluding hydrogens is 767 g/mol. The third-order valence-corrected chi connectivity index (χ3v) is 12.3. The van der Waals surface area contributed by atoms with Crippen LogP contribution in [0, 0.1) is 0 Å². The Hall–Kier alpha value is -8.40. The first kappa shape index (κ1) is 36.5. The van der Waals surface area contributed by atoms with Crippen LogP contribution in [-0.2, 0) is 0 Å². The molecule has 63 heavy (non-hydrogen) atoms. The van der Waals surface area contributed by atoms with Crippen LogP contribution in [0.15, 0.2) is 245 Å². The summed E-state index contributed by atoms with van der Waals surface area (Å²) in [6, 6.07) is 84.2. The summed E-state index contributed by atoms with van der Waals surface area (Å²) in [6.45, 7) is 0. The molecule has 0 atom stereocenters. The van der Waals surface area contributed by atoms with Gasteiger partial charge in [0.1, 0.15) is 22.3 Å². The Balaban J connectivity index is 1.12. The minimum atomic E-state index is 0.837. The van der Waals surface area contributed by atoms with Crippen molar-refractivity contribution in [3.8, 4) is 55.6 Å². The van der Waals surface area contributed by atoms with E-state index in [-0.39, 0.29) is 0 Å². The van der Waals surface area contributed by atoms with Gasteiger partial charge >= 0.3 is 0 Å². The van der Waals surface area contributed by atoms with Gasteiger partial charge in [-0.2, -0.15) is 0 Å². The van der Waals surface area contributed by atoms with Gasteiger partial charge in [0.15, 0.2) is 0 Å². The lowest BCUT2D eigenvalue weighted by molar-refractivity contribution is 0.669. The van der Waals surface area contributed by atoms with Crippen LogP contribution >= 0.6 is 0 Å². The highest BCUT2D eigenvalue weighted by molar-refractivity contribution is 6.14. The van der Waals surface area contributed by atoms with Crippen LogP contribution in [0.4, 0.5) is 17.1 Å². The van der Waals surface area contributed by atoms with Gasteiger partial charge in [0.05, 0.1) is 16.8 Å². The number of benzene rings is 10. The maximum atomic E-state index is 6.59. The SMILES string of the molecule is c1ccc(-c2ccc(-c3ccccc3N(c3cccc(-c4cccc5c4oc4ccccc45)c3)c3cccc4oc5ccccc5c34)c(-c3ccccc3-c3ccccc3)c2)cc1. The average molecular weight is 806 g/mol. The van der Waals surface area contributed by atoms with Crippen LogP contribution in [0.25, 0.3) is 99.5 Å². The van der Waals surface area contributed by atoms with Gasteiger partial charge in [-0.25, -0.2) is 0 Å². The van der Waals surface area contributed by atoms with Crippen LogP contribution in [0.1, 0.15) is 0 Å². The molecule has 0 aliphatic carbocycles. The molecule has 296 valence electrons. The number of nitrogens with zero attached hydrogens (tertiary/aromatic N) is 1. The molecule has 3 nitrogen and oxygen atoms in total. The topological polar surface area (TPSA) is 29.5 Å². The van der Waals surface area contributed by atoms with E-state index in [1.54, 1.807) is 0 Å². The Bertz CT molecular complexity index is 3640. The molecule has 0 spiro atoms. The van der Waals surface area contributed by atoms with E-state index in [4.69, 9.17) is 8.83 Å². The van der Waals surface area contributed by atoms with E-state index in [9.17, 15) is 0 Å². The molecule has 0 fully saturated rings. The van der Waals surface area contributed by atoms with Crippen LogP contribution in [-0.4, -0.2) is 0 Å². The molecule has 2 heterocycles. The number of anilines is 3. The molecule has 0 radical (unpaired) electrons. The van der Waals surface area contributed by atoms with Crippen molar-refractivity contribution in [2.75, 3.05) is 4.90 Å². The summed E-state index contributed by atoms with van der Waals surface area (Å²) in [4.78, 5) is 2.42. The average Bonchev–Trinajstić information content (AvgIpc) is 3.94. The summed E-state index contributed by atoms with van der Waals surface area (Å²) in [5.74, 6) is 0. The maximum Gasteiger partial charge on any atom is 0.143 e. The fourth-order valence-electron chi connectivity index (χ4n) is 9.43. The molecule has 0 aliphatic rings. The van der Waals surface area contributed by atoms with Crippen LogP contribution < -0.4 is 4.90 Å². The Morgan fingerprint density at radius 1 is 0.270 bits per heavy atom. The van der Waals surface area contributed by atoms with E-state index in [0.29, 0.717) is 0 Å². The largest absolute Gasteiger partial charge is 0.456 e. The Labute approximate surface area is 365 Å². The number of hydrogen-bond acceptors (Lipinski definition) is 3. The molecule has 0 saturated heterocycles. The zero-order valence-corrected chi connectivity index (χ0v) is 34.3. The number of hydrogen-bond donors (Lipinski definition) is 0. The van der Waals surface area contributed by atoms with E-state index in [1.807, 2.05) is 18.2 Å². The molecule has 0 amide bonds. The van der Waals surface area contributed by atoms with Crippen molar-refractivity contribution in [2.24, 2.45) is 0 Å². The number of fused-ring (bicyclic) bond motifs is 6. The predicted octanol–water partition coefficient (Wildman–Crippen LogP) is 17.3. The number of furan rings is 2. The molecule has 0 saturated carbocycles. The highest BCUT2D eigenvalue weighted by Crippen LogP contribution is 2.49. The van der Waals surface area contributed by atoms with Crippen molar-refractivity contribution in [1.29, 1.82) is 0 Å². The quantitative estimate of drug-likeness (QED) is 0.153. The van der Waals surface area contributed by atoms with E-state index in [1.165, 1.54) is 22.3 Å². The second kappa shape index (κ2) is 15.3. The van der Waals surface area contributed by atoms with E-state index >= 15 is 0 Å². The zero-order valence-electron chi connectivity index (χ0n) is 34.3. The first-order valence-electron chi connectivity index (χ1n) is 21.4. The van der Waals surface area contributed by atoms with Crippen LogP contribution in [0.3, 0.4) is 0 Å².